The molecule has 2 saturated carbocycles. The third-order valence-corrected chi connectivity index (χ3v) is 16.7. The van der Waals surface area contributed by atoms with Gasteiger partial charge >= 0.3 is 0 Å². The summed E-state index contributed by atoms with van der Waals surface area (Å²) in [6, 6.07) is 30.2. The standard InChI is InChI=1S/C57H76N4O5S/c1-39(2)50-27-16-41(5)34-54(50)65-47-23-18-43(19-24-47)37-61(38-44-20-25-48(26-21-44)66-55-35-42(6)17-28-51(55)40(3)4)67(62,63)56-30-32-60(59-56)31-8-7-9-33-64-49-14-10-13-46(36-49)53-29-22-45-12-11-15-52(45)57(53)58/h10,13-14,18-26,29-30,32,36,39-42,50-51,54-55H,7-9,11-12,15-17,27-28,31,33-35,37-38,58H2,1-6H3. The summed E-state index contributed by atoms with van der Waals surface area (Å²) in [6.45, 7) is 15.4. The molecule has 0 saturated heterocycles. The lowest BCUT2D eigenvalue weighted by Crippen LogP contribution is -2.36. The third-order valence-electron chi connectivity index (χ3n) is 15.1. The van der Waals surface area contributed by atoms with Gasteiger partial charge in [-0.3, -0.25) is 4.68 Å². The van der Waals surface area contributed by atoms with Crippen molar-refractivity contribution in [3.05, 3.63) is 119 Å². The molecule has 0 radical (unpaired) electrons. The van der Waals surface area contributed by atoms with Crippen LogP contribution in [-0.4, -0.2) is 41.3 Å². The van der Waals surface area contributed by atoms with Crippen molar-refractivity contribution >= 4 is 15.7 Å². The van der Waals surface area contributed by atoms with Crippen LogP contribution in [0.1, 0.15) is 128 Å². The van der Waals surface area contributed by atoms with Crippen molar-refractivity contribution in [3.63, 3.8) is 0 Å². The summed E-state index contributed by atoms with van der Waals surface area (Å²) in [4.78, 5) is 0. The molecule has 360 valence electrons. The van der Waals surface area contributed by atoms with Crippen molar-refractivity contribution in [1.82, 2.24) is 14.1 Å². The molecule has 2 N–H and O–H groups in total. The van der Waals surface area contributed by atoms with Crippen LogP contribution in [0.25, 0.3) is 11.1 Å². The van der Waals surface area contributed by atoms with Crippen molar-refractivity contribution in [1.29, 1.82) is 0 Å². The Bertz CT molecular complexity index is 2400. The summed E-state index contributed by atoms with van der Waals surface area (Å²) in [7, 11) is -3.98. The van der Waals surface area contributed by atoms with E-state index in [1.54, 1.807) is 21.3 Å². The van der Waals surface area contributed by atoms with E-state index in [-0.39, 0.29) is 30.3 Å². The largest absolute Gasteiger partial charge is 0.494 e. The molecule has 3 aliphatic rings. The third kappa shape index (κ3) is 12.3. The fraction of sp³-hybridized carbons (Fsp3) is 0.526. The van der Waals surface area contributed by atoms with Gasteiger partial charge in [0.1, 0.15) is 29.5 Å². The van der Waals surface area contributed by atoms with Crippen LogP contribution in [0.4, 0.5) is 5.69 Å². The fourth-order valence-corrected chi connectivity index (χ4v) is 12.4. The minimum Gasteiger partial charge on any atom is -0.494 e. The van der Waals surface area contributed by atoms with Gasteiger partial charge in [-0.25, -0.2) is 8.42 Å². The number of sulfonamides is 1. The molecule has 1 heterocycles. The van der Waals surface area contributed by atoms with E-state index < -0.39 is 10.0 Å². The zero-order chi connectivity index (χ0) is 47.1. The smallest absolute Gasteiger partial charge is 0.262 e. The van der Waals surface area contributed by atoms with Crippen LogP contribution in [0.5, 0.6) is 17.2 Å². The molecule has 67 heavy (non-hydrogen) atoms. The van der Waals surface area contributed by atoms with E-state index in [0.29, 0.717) is 48.7 Å². The Morgan fingerprint density at radius 3 is 1.93 bits per heavy atom. The number of rotatable bonds is 20. The number of aryl methyl sites for hydroxylation is 2. The van der Waals surface area contributed by atoms with E-state index >= 15 is 0 Å². The van der Waals surface area contributed by atoms with Crippen molar-refractivity contribution in [2.45, 2.75) is 155 Å². The summed E-state index contributed by atoms with van der Waals surface area (Å²) in [5.41, 5.74) is 14.1. The predicted molar refractivity (Wildman–Crippen MR) is 271 cm³/mol. The van der Waals surface area contributed by atoms with Crippen LogP contribution < -0.4 is 19.9 Å². The number of nitrogen functional groups attached to an aromatic ring is 1. The van der Waals surface area contributed by atoms with Crippen LogP contribution in [0.3, 0.4) is 0 Å². The van der Waals surface area contributed by atoms with E-state index in [1.807, 2.05) is 60.7 Å². The Balaban J connectivity index is 0.900. The molecule has 9 nitrogen and oxygen atoms in total. The van der Waals surface area contributed by atoms with Gasteiger partial charge in [-0.05, 0) is 170 Å². The van der Waals surface area contributed by atoms with Crippen LogP contribution in [0, 0.1) is 35.5 Å². The summed E-state index contributed by atoms with van der Waals surface area (Å²) < 4.78 is 51.9. The lowest BCUT2D eigenvalue weighted by molar-refractivity contribution is 0.0458. The number of unbranched alkanes of at least 4 members (excludes halogenated alkanes) is 2. The Hall–Kier alpha value is -4.80. The summed E-state index contributed by atoms with van der Waals surface area (Å²) in [5, 5.41) is 4.69. The molecule has 6 unspecified atom stereocenters. The van der Waals surface area contributed by atoms with E-state index in [9.17, 15) is 8.42 Å². The maximum Gasteiger partial charge on any atom is 0.262 e. The molecule has 8 rings (SSSR count). The second-order valence-electron chi connectivity index (χ2n) is 20.9. The zero-order valence-corrected chi connectivity index (χ0v) is 41.9. The first-order valence-electron chi connectivity index (χ1n) is 25.5. The zero-order valence-electron chi connectivity index (χ0n) is 41.0. The Kier molecular flexibility index (Phi) is 16.0. The molecule has 2 fully saturated rings. The maximum absolute atomic E-state index is 14.6. The summed E-state index contributed by atoms with van der Waals surface area (Å²) in [6.07, 6.45) is 15.1. The van der Waals surface area contributed by atoms with Gasteiger partial charge in [0, 0.05) is 37.1 Å². The normalized spacial score (nSPS) is 22.0. The first-order chi connectivity index (χ1) is 32.3. The second kappa shape index (κ2) is 22.1. The number of aromatic nitrogens is 2. The topological polar surface area (TPSA) is 109 Å². The number of nitrogens with zero attached hydrogens (tertiary/aromatic N) is 3. The Labute approximate surface area is 401 Å². The van der Waals surface area contributed by atoms with Crippen LogP contribution in [0.2, 0.25) is 0 Å². The first kappa shape index (κ1) is 48.6. The van der Waals surface area contributed by atoms with Gasteiger partial charge in [-0.1, -0.05) is 103 Å². The van der Waals surface area contributed by atoms with Crippen molar-refractivity contribution in [2.75, 3.05) is 12.3 Å². The molecule has 0 amide bonds. The number of fused-ring (bicyclic) bond motifs is 1. The number of ether oxygens (including phenoxy) is 3. The average Bonchev–Trinajstić information content (AvgIpc) is 4.00. The van der Waals surface area contributed by atoms with E-state index in [1.165, 1.54) is 43.2 Å². The van der Waals surface area contributed by atoms with Gasteiger partial charge in [0.15, 0.2) is 5.03 Å². The second-order valence-corrected chi connectivity index (χ2v) is 22.8. The van der Waals surface area contributed by atoms with Gasteiger partial charge in [0.2, 0.25) is 0 Å². The maximum atomic E-state index is 14.6. The quantitative estimate of drug-likeness (QED) is 0.0611. The Morgan fingerprint density at radius 1 is 0.716 bits per heavy atom. The van der Waals surface area contributed by atoms with Gasteiger partial charge in [0.25, 0.3) is 10.0 Å². The monoisotopic (exact) mass is 929 g/mol. The van der Waals surface area contributed by atoms with E-state index in [2.05, 4.69) is 70.9 Å². The number of hydrogen-bond donors (Lipinski definition) is 1. The number of hydrogen-bond acceptors (Lipinski definition) is 7. The van der Waals surface area contributed by atoms with Crippen molar-refractivity contribution in [3.8, 4) is 28.4 Å². The minimum absolute atomic E-state index is 0.0527. The number of benzene rings is 4. The van der Waals surface area contributed by atoms with Crippen molar-refractivity contribution < 1.29 is 22.6 Å². The van der Waals surface area contributed by atoms with Crippen LogP contribution in [0.15, 0.2) is 102 Å². The van der Waals surface area contributed by atoms with Crippen LogP contribution in [-0.2, 0) is 42.5 Å². The molecule has 10 heteroatoms. The Morgan fingerprint density at radius 2 is 1.33 bits per heavy atom. The van der Waals surface area contributed by atoms with Gasteiger partial charge in [0.05, 0.1) is 6.61 Å². The molecule has 6 atom stereocenters. The summed E-state index contributed by atoms with van der Waals surface area (Å²) >= 11 is 0. The molecule has 0 aliphatic heterocycles. The molecule has 5 aromatic rings. The average molecular weight is 929 g/mol. The molecular weight excluding hydrogens is 853 g/mol. The predicted octanol–water partition coefficient (Wildman–Crippen LogP) is 12.9. The van der Waals surface area contributed by atoms with Crippen molar-refractivity contribution in [2.24, 2.45) is 35.5 Å². The minimum atomic E-state index is -3.98. The molecule has 0 spiro atoms. The van der Waals surface area contributed by atoms with Gasteiger partial charge < -0.3 is 19.9 Å². The van der Waals surface area contributed by atoms with E-state index in [4.69, 9.17) is 19.9 Å². The fourth-order valence-electron chi connectivity index (χ4n) is 11.0. The van der Waals surface area contributed by atoms with E-state index in [0.717, 1.165) is 90.1 Å². The highest BCUT2D eigenvalue weighted by atomic mass is 32.2. The van der Waals surface area contributed by atoms with Crippen LogP contribution >= 0.6 is 0 Å². The molecule has 4 aromatic carbocycles. The lowest BCUT2D eigenvalue weighted by atomic mass is 9.75. The SMILES string of the molecule is CC1CCC(C(C)C)C(Oc2ccc(CN(Cc3ccc(OC4CC(C)CCC4C(C)C)cc3)S(=O)(=O)c3ccn(CCCCCOc4cccc(-c5ccc6c(c5N)CCC6)c4)n3)cc2)C1. The highest BCUT2D eigenvalue weighted by Crippen LogP contribution is 2.39. The van der Waals surface area contributed by atoms with Gasteiger partial charge in [-0.15, -0.1) is 0 Å². The molecule has 1 aromatic heterocycles. The first-order valence-corrected chi connectivity index (χ1v) is 26.9. The highest BCUT2D eigenvalue weighted by Gasteiger charge is 2.34. The molecular formula is C57H76N4O5S. The highest BCUT2D eigenvalue weighted by molar-refractivity contribution is 7.89. The van der Waals surface area contributed by atoms with Gasteiger partial charge in [-0.2, -0.15) is 9.40 Å². The molecule has 0 bridgehead atoms. The molecule has 3 aliphatic carbocycles. The summed E-state index contributed by atoms with van der Waals surface area (Å²) in [5.74, 6) is 5.96. The number of anilines is 1. The lowest BCUT2D eigenvalue weighted by Gasteiger charge is -2.37. The number of nitrogens with two attached hydrogens (primary N) is 1.